The van der Waals surface area contributed by atoms with E-state index in [0.717, 1.165) is 37.0 Å². The van der Waals surface area contributed by atoms with Crippen molar-refractivity contribution in [3.05, 3.63) is 11.6 Å². The second kappa shape index (κ2) is 6.38. The van der Waals surface area contributed by atoms with Crippen LogP contribution in [0.15, 0.2) is 11.6 Å². The van der Waals surface area contributed by atoms with Crippen LogP contribution in [0.1, 0.15) is 52.4 Å². The van der Waals surface area contributed by atoms with Crippen LogP contribution in [0.3, 0.4) is 0 Å². The second-order valence-electron chi connectivity index (χ2n) is 8.61. The van der Waals surface area contributed by atoms with E-state index in [1.54, 1.807) is 11.1 Å². The Bertz CT molecular complexity index is 620. The van der Waals surface area contributed by atoms with Gasteiger partial charge >= 0.3 is 0 Å². The van der Waals surface area contributed by atoms with Gasteiger partial charge in [-0.1, -0.05) is 0 Å². The van der Waals surface area contributed by atoms with Crippen LogP contribution in [-0.4, -0.2) is 34.3 Å². The third kappa shape index (κ3) is 3.21. The number of nitrogens with one attached hydrogen (secondary N) is 1. The van der Waals surface area contributed by atoms with Gasteiger partial charge < -0.3 is 10.2 Å². The van der Waals surface area contributed by atoms with E-state index in [2.05, 4.69) is 10.3 Å². The summed E-state index contributed by atoms with van der Waals surface area (Å²) in [6.07, 6.45) is 8.73. The van der Waals surface area contributed by atoms with E-state index in [-0.39, 0.29) is 29.8 Å². The van der Waals surface area contributed by atoms with Crippen LogP contribution in [0.4, 0.5) is 5.13 Å². The fourth-order valence-corrected chi connectivity index (χ4v) is 6.31. The molecule has 4 fully saturated rings. The number of carbonyl (C=O) groups is 2. The Kier molecular flexibility index (Phi) is 4.34. The van der Waals surface area contributed by atoms with Gasteiger partial charge in [-0.2, -0.15) is 0 Å². The maximum atomic E-state index is 13.5. The molecule has 0 radical (unpaired) electrons. The Morgan fingerprint density at radius 2 is 1.84 bits per heavy atom. The third-order valence-electron chi connectivity index (χ3n) is 6.37. The molecule has 4 aliphatic rings. The first-order valence-corrected chi connectivity index (χ1v) is 10.3. The molecule has 25 heavy (non-hydrogen) atoms. The van der Waals surface area contributed by atoms with Crippen molar-refractivity contribution in [2.75, 3.05) is 11.9 Å². The van der Waals surface area contributed by atoms with Gasteiger partial charge in [-0.3, -0.25) is 9.59 Å². The number of hydrogen-bond donors (Lipinski definition) is 1. The van der Waals surface area contributed by atoms with Crippen molar-refractivity contribution in [2.24, 2.45) is 23.2 Å². The molecule has 1 aromatic heterocycles. The lowest BCUT2D eigenvalue weighted by molar-refractivity contribution is -0.160. The zero-order valence-electron chi connectivity index (χ0n) is 15.0. The molecule has 0 atom stereocenters. The first-order valence-electron chi connectivity index (χ1n) is 9.45. The van der Waals surface area contributed by atoms with E-state index in [1.165, 1.54) is 30.6 Å². The summed E-state index contributed by atoms with van der Waals surface area (Å²) in [4.78, 5) is 31.8. The molecule has 1 aromatic rings. The maximum absolute atomic E-state index is 13.5. The van der Waals surface area contributed by atoms with Crippen molar-refractivity contribution in [1.82, 2.24) is 9.88 Å². The summed E-state index contributed by atoms with van der Waals surface area (Å²) in [7, 11) is 0. The lowest BCUT2D eigenvalue weighted by Gasteiger charge is -2.56. The van der Waals surface area contributed by atoms with Crippen molar-refractivity contribution in [2.45, 2.75) is 58.4 Å². The molecule has 5 nitrogen and oxygen atoms in total. The molecule has 5 rings (SSSR count). The Balaban J connectivity index is 1.48. The fourth-order valence-electron chi connectivity index (χ4n) is 5.76. The fraction of sp³-hybridized carbons (Fsp3) is 0.737. The monoisotopic (exact) mass is 361 g/mol. The quantitative estimate of drug-likeness (QED) is 0.872. The number of anilines is 1. The Labute approximate surface area is 153 Å². The molecule has 136 valence electrons. The van der Waals surface area contributed by atoms with E-state index in [9.17, 15) is 9.59 Å². The number of hydrogen-bond acceptors (Lipinski definition) is 4. The van der Waals surface area contributed by atoms with Crippen LogP contribution in [0.2, 0.25) is 0 Å². The minimum Gasteiger partial charge on any atom is -0.330 e. The zero-order valence-corrected chi connectivity index (χ0v) is 15.8. The van der Waals surface area contributed by atoms with Gasteiger partial charge in [-0.25, -0.2) is 4.98 Å². The summed E-state index contributed by atoms with van der Waals surface area (Å²) in [6.45, 7) is 4.14. The van der Waals surface area contributed by atoms with E-state index in [0.29, 0.717) is 5.13 Å². The average Bonchev–Trinajstić information content (AvgIpc) is 3.03. The molecular weight excluding hydrogens is 334 g/mol. The number of carbonyl (C=O) groups excluding carboxylic acids is 2. The van der Waals surface area contributed by atoms with Crippen molar-refractivity contribution in [1.29, 1.82) is 0 Å². The van der Waals surface area contributed by atoms with Gasteiger partial charge in [0.1, 0.15) is 6.54 Å². The molecule has 0 unspecified atom stereocenters. The minimum absolute atomic E-state index is 0.0301. The van der Waals surface area contributed by atoms with Crippen LogP contribution in [-0.2, 0) is 9.59 Å². The molecule has 6 heteroatoms. The van der Waals surface area contributed by atoms with Crippen molar-refractivity contribution < 1.29 is 9.59 Å². The molecule has 1 N–H and O–H groups in total. The lowest BCUT2D eigenvalue weighted by Crippen LogP contribution is -2.57. The van der Waals surface area contributed by atoms with Crippen LogP contribution in [0.5, 0.6) is 0 Å². The van der Waals surface area contributed by atoms with Crippen molar-refractivity contribution in [3.63, 3.8) is 0 Å². The highest BCUT2D eigenvalue weighted by molar-refractivity contribution is 7.13. The molecule has 2 amide bonds. The van der Waals surface area contributed by atoms with E-state index < -0.39 is 0 Å². The zero-order chi connectivity index (χ0) is 17.6. The number of amides is 2. The van der Waals surface area contributed by atoms with Crippen LogP contribution < -0.4 is 5.32 Å². The number of rotatable bonds is 5. The van der Waals surface area contributed by atoms with E-state index in [4.69, 9.17) is 0 Å². The molecule has 1 heterocycles. The van der Waals surface area contributed by atoms with Crippen LogP contribution in [0, 0.1) is 23.2 Å². The predicted octanol–water partition coefficient (Wildman–Crippen LogP) is 3.54. The minimum atomic E-state index is -0.194. The molecular formula is C19H27N3O2S. The van der Waals surface area contributed by atoms with Gasteiger partial charge in [0, 0.05) is 17.6 Å². The number of thiazole rings is 1. The SMILES string of the molecule is CC(C)N(CC(=O)Nc1nccs1)C(=O)C12CC3CC(CC(C3)C1)C2. The van der Waals surface area contributed by atoms with E-state index >= 15 is 0 Å². The van der Waals surface area contributed by atoms with Gasteiger partial charge in [-0.15, -0.1) is 11.3 Å². The van der Waals surface area contributed by atoms with Crippen molar-refractivity contribution in [3.8, 4) is 0 Å². The average molecular weight is 362 g/mol. The molecule has 4 saturated carbocycles. The highest BCUT2D eigenvalue weighted by Gasteiger charge is 2.55. The third-order valence-corrected chi connectivity index (χ3v) is 7.06. The molecule has 0 saturated heterocycles. The second-order valence-corrected chi connectivity index (χ2v) is 9.50. The van der Waals surface area contributed by atoms with Gasteiger partial charge in [0.25, 0.3) is 0 Å². The predicted molar refractivity (Wildman–Crippen MR) is 98.2 cm³/mol. The standard InChI is InChI=1S/C19H27N3O2S/c1-12(2)22(11-16(23)21-18-20-3-4-25-18)17(24)19-8-13-5-14(9-19)7-15(6-13)10-19/h3-4,12-15H,5-11H2,1-2H3,(H,20,21,23). The van der Waals surface area contributed by atoms with Gasteiger partial charge in [-0.05, 0) is 70.1 Å². The summed E-state index contributed by atoms with van der Waals surface area (Å²) in [5.74, 6) is 2.26. The highest BCUT2D eigenvalue weighted by atomic mass is 32.1. The molecule has 4 bridgehead atoms. The van der Waals surface area contributed by atoms with Gasteiger partial charge in [0.15, 0.2) is 5.13 Å². The Morgan fingerprint density at radius 1 is 1.24 bits per heavy atom. The van der Waals surface area contributed by atoms with Crippen LogP contribution >= 0.6 is 11.3 Å². The Hall–Kier alpha value is -1.43. The highest BCUT2D eigenvalue weighted by Crippen LogP contribution is 2.60. The van der Waals surface area contributed by atoms with Gasteiger partial charge in [0.05, 0.1) is 5.41 Å². The normalized spacial score (nSPS) is 32.8. The topological polar surface area (TPSA) is 62.3 Å². The first-order chi connectivity index (χ1) is 11.9. The maximum Gasteiger partial charge on any atom is 0.245 e. The summed E-state index contributed by atoms with van der Waals surface area (Å²) in [6, 6.07) is 0.0301. The summed E-state index contributed by atoms with van der Waals surface area (Å²) in [5.41, 5.74) is -0.194. The molecule has 4 aliphatic carbocycles. The molecule has 0 spiro atoms. The smallest absolute Gasteiger partial charge is 0.245 e. The number of aromatic nitrogens is 1. The summed E-state index contributed by atoms with van der Waals surface area (Å²) in [5, 5.41) is 5.23. The first kappa shape index (κ1) is 17.0. The largest absolute Gasteiger partial charge is 0.330 e. The van der Waals surface area contributed by atoms with Crippen LogP contribution in [0.25, 0.3) is 0 Å². The molecule has 0 aromatic carbocycles. The van der Waals surface area contributed by atoms with E-state index in [1.807, 2.05) is 19.2 Å². The molecule has 0 aliphatic heterocycles. The lowest BCUT2D eigenvalue weighted by atomic mass is 9.49. The summed E-state index contributed by atoms with van der Waals surface area (Å²) < 4.78 is 0. The Morgan fingerprint density at radius 3 is 2.32 bits per heavy atom. The number of nitrogens with zero attached hydrogens (tertiary/aromatic N) is 2. The van der Waals surface area contributed by atoms with Crippen molar-refractivity contribution >= 4 is 28.3 Å². The summed E-state index contributed by atoms with van der Waals surface area (Å²) >= 11 is 1.40. The van der Waals surface area contributed by atoms with Gasteiger partial charge in [0.2, 0.25) is 11.8 Å².